The first-order chi connectivity index (χ1) is 5.56. The number of carbonyl (C=O) groups excluding carboxylic acids is 2. The molecule has 1 unspecified atom stereocenters. The topological polar surface area (TPSA) is 72.8 Å². The lowest BCUT2D eigenvalue weighted by Gasteiger charge is -2.05. The van der Waals surface area contributed by atoms with Gasteiger partial charge in [0.05, 0.1) is 20.0 Å². The summed E-state index contributed by atoms with van der Waals surface area (Å²) >= 11 is 0. The molecule has 0 saturated heterocycles. The molecule has 0 radical (unpaired) electrons. The van der Waals surface area contributed by atoms with Crippen molar-refractivity contribution < 1.29 is 24.2 Å². The van der Waals surface area contributed by atoms with E-state index in [1.165, 1.54) is 14.0 Å². The number of esters is 2. The van der Waals surface area contributed by atoms with E-state index in [0.29, 0.717) is 0 Å². The van der Waals surface area contributed by atoms with Gasteiger partial charge in [-0.05, 0) is 6.92 Å². The van der Waals surface area contributed by atoms with Gasteiger partial charge in [0.2, 0.25) is 0 Å². The molecule has 0 fully saturated rings. The minimum Gasteiger partial charge on any atom is -0.469 e. The lowest BCUT2D eigenvalue weighted by atomic mass is 10.3. The van der Waals surface area contributed by atoms with Crippen LogP contribution in [-0.4, -0.2) is 30.4 Å². The highest BCUT2D eigenvalue weighted by Crippen LogP contribution is 1.96. The molecule has 0 aliphatic heterocycles. The maximum absolute atomic E-state index is 10.7. The van der Waals surface area contributed by atoms with Gasteiger partial charge in [0.25, 0.3) is 0 Å². The van der Waals surface area contributed by atoms with E-state index in [9.17, 15) is 9.59 Å². The second-order valence-electron chi connectivity index (χ2n) is 2.17. The highest BCUT2D eigenvalue weighted by molar-refractivity contribution is 5.77. The van der Waals surface area contributed by atoms with E-state index in [4.69, 9.17) is 5.11 Å². The van der Waals surface area contributed by atoms with Crippen molar-refractivity contribution in [3.8, 4) is 0 Å². The highest BCUT2D eigenvalue weighted by Gasteiger charge is 2.09. The van der Waals surface area contributed by atoms with Crippen molar-refractivity contribution in [2.24, 2.45) is 0 Å². The summed E-state index contributed by atoms with van der Waals surface area (Å²) in [7, 11) is 1.24. The van der Waals surface area contributed by atoms with Crippen molar-refractivity contribution >= 4 is 11.9 Å². The van der Waals surface area contributed by atoms with Crippen LogP contribution in [-0.2, 0) is 19.1 Å². The van der Waals surface area contributed by atoms with Crippen molar-refractivity contribution in [2.75, 3.05) is 7.11 Å². The van der Waals surface area contributed by atoms with Crippen LogP contribution in [0.5, 0.6) is 0 Å². The van der Waals surface area contributed by atoms with E-state index in [2.05, 4.69) is 9.47 Å². The Labute approximate surface area is 70.3 Å². The van der Waals surface area contributed by atoms with Crippen LogP contribution >= 0.6 is 0 Å². The van der Waals surface area contributed by atoms with Gasteiger partial charge in [-0.3, -0.25) is 9.59 Å². The Hall–Kier alpha value is -1.10. The fraction of sp³-hybridized carbons (Fsp3) is 0.714. The van der Waals surface area contributed by atoms with Crippen LogP contribution in [0.15, 0.2) is 0 Å². The lowest BCUT2D eigenvalue weighted by Crippen LogP contribution is -2.15. The zero-order valence-corrected chi connectivity index (χ0v) is 7.07. The second-order valence-corrected chi connectivity index (χ2v) is 2.17. The van der Waals surface area contributed by atoms with Gasteiger partial charge < -0.3 is 14.6 Å². The Balaban J connectivity index is 3.51. The number of hydrogen-bond acceptors (Lipinski definition) is 5. The molecule has 70 valence electrons. The molecule has 0 spiro atoms. The van der Waals surface area contributed by atoms with Crippen LogP contribution in [0.25, 0.3) is 0 Å². The molecule has 0 aromatic rings. The third-order valence-electron chi connectivity index (χ3n) is 1.06. The number of aliphatic hydroxyl groups excluding tert-OH is 1. The molecule has 1 atom stereocenters. The molecule has 5 nitrogen and oxygen atoms in total. The van der Waals surface area contributed by atoms with Gasteiger partial charge in [0, 0.05) is 0 Å². The van der Waals surface area contributed by atoms with E-state index in [1.54, 1.807) is 0 Å². The smallest absolute Gasteiger partial charge is 0.308 e. The van der Waals surface area contributed by atoms with Crippen LogP contribution < -0.4 is 0 Å². The van der Waals surface area contributed by atoms with Gasteiger partial charge in [-0.1, -0.05) is 0 Å². The number of methoxy groups -OCH3 is 1. The van der Waals surface area contributed by atoms with E-state index in [1.807, 2.05) is 0 Å². The number of carbonyl (C=O) groups is 2. The van der Waals surface area contributed by atoms with Crippen molar-refractivity contribution in [3.63, 3.8) is 0 Å². The molecule has 0 bridgehead atoms. The fourth-order valence-electron chi connectivity index (χ4n) is 0.555. The van der Waals surface area contributed by atoms with E-state index in [-0.39, 0.29) is 12.8 Å². The molecule has 0 aromatic heterocycles. The van der Waals surface area contributed by atoms with Gasteiger partial charge in [-0.25, -0.2) is 0 Å². The molecule has 0 heterocycles. The fourth-order valence-corrected chi connectivity index (χ4v) is 0.555. The molecule has 5 heteroatoms. The van der Waals surface area contributed by atoms with Gasteiger partial charge in [0.15, 0.2) is 6.29 Å². The Morgan fingerprint density at radius 1 is 1.33 bits per heavy atom. The normalized spacial score (nSPS) is 11.9. The summed E-state index contributed by atoms with van der Waals surface area (Å²) in [5, 5.41) is 8.59. The maximum atomic E-state index is 10.7. The van der Waals surface area contributed by atoms with Crippen molar-refractivity contribution in [1.29, 1.82) is 0 Å². The minimum absolute atomic E-state index is 0.0257. The molecule has 0 amide bonds. The van der Waals surface area contributed by atoms with Crippen LogP contribution in [0, 0.1) is 0 Å². The SMILES string of the molecule is COC(=O)CCC(=O)OC(C)O. The van der Waals surface area contributed by atoms with E-state index in [0.717, 1.165) is 0 Å². The number of rotatable bonds is 4. The molecule has 0 aliphatic rings. The Morgan fingerprint density at radius 3 is 2.25 bits per heavy atom. The lowest BCUT2D eigenvalue weighted by molar-refractivity contribution is -0.166. The van der Waals surface area contributed by atoms with Crippen molar-refractivity contribution in [1.82, 2.24) is 0 Å². The van der Waals surface area contributed by atoms with Gasteiger partial charge in [0.1, 0.15) is 0 Å². The summed E-state index contributed by atoms with van der Waals surface area (Å²) in [5.41, 5.74) is 0. The summed E-state index contributed by atoms with van der Waals surface area (Å²) in [6, 6.07) is 0. The van der Waals surface area contributed by atoms with Crippen LogP contribution in [0.2, 0.25) is 0 Å². The quantitative estimate of drug-likeness (QED) is 0.475. The zero-order chi connectivity index (χ0) is 9.56. The second kappa shape index (κ2) is 5.54. The highest BCUT2D eigenvalue weighted by atomic mass is 16.6. The van der Waals surface area contributed by atoms with Gasteiger partial charge in [-0.2, -0.15) is 0 Å². The first-order valence-electron chi connectivity index (χ1n) is 3.50. The molecular formula is C7H12O5. The van der Waals surface area contributed by atoms with Crippen molar-refractivity contribution in [2.45, 2.75) is 26.1 Å². The summed E-state index contributed by atoms with van der Waals surface area (Å²) < 4.78 is 8.65. The molecule has 0 rings (SSSR count). The Morgan fingerprint density at radius 2 is 1.83 bits per heavy atom. The zero-order valence-electron chi connectivity index (χ0n) is 7.07. The Kier molecular flexibility index (Phi) is 5.03. The monoisotopic (exact) mass is 176 g/mol. The summed E-state index contributed by atoms with van der Waals surface area (Å²) in [5.74, 6) is -1.09. The summed E-state index contributed by atoms with van der Waals surface area (Å²) in [6.45, 7) is 1.32. The van der Waals surface area contributed by atoms with Crippen LogP contribution in [0.4, 0.5) is 0 Å². The first kappa shape index (κ1) is 10.9. The molecule has 0 aliphatic carbocycles. The van der Waals surface area contributed by atoms with Gasteiger partial charge >= 0.3 is 11.9 Å². The minimum atomic E-state index is -1.13. The molecule has 0 aromatic carbocycles. The van der Waals surface area contributed by atoms with Gasteiger partial charge in [-0.15, -0.1) is 0 Å². The molecule has 0 saturated carbocycles. The van der Waals surface area contributed by atoms with E-state index >= 15 is 0 Å². The summed E-state index contributed by atoms with van der Waals surface area (Å²) in [4.78, 5) is 21.2. The maximum Gasteiger partial charge on any atom is 0.308 e. The van der Waals surface area contributed by atoms with Crippen molar-refractivity contribution in [3.05, 3.63) is 0 Å². The molecule has 12 heavy (non-hydrogen) atoms. The standard InChI is InChI=1S/C7H12O5/c1-5(8)12-7(10)4-3-6(9)11-2/h5,8H,3-4H2,1-2H3. The Bertz CT molecular complexity index is 163. The predicted molar refractivity (Wildman–Crippen MR) is 39.0 cm³/mol. The average molecular weight is 176 g/mol. The number of aliphatic hydroxyl groups is 1. The van der Waals surface area contributed by atoms with Crippen LogP contribution in [0.3, 0.4) is 0 Å². The van der Waals surface area contributed by atoms with Crippen LogP contribution in [0.1, 0.15) is 19.8 Å². The largest absolute Gasteiger partial charge is 0.469 e. The van der Waals surface area contributed by atoms with E-state index < -0.39 is 18.2 Å². The summed E-state index contributed by atoms with van der Waals surface area (Å²) in [6.07, 6.45) is -1.23. The average Bonchev–Trinajstić information content (AvgIpc) is 1.99. The third kappa shape index (κ3) is 5.67. The number of ether oxygens (including phenoxy) is 2. The molecular weight excluding hydrogens is 164 g/mol. The first-order valence-corrected chi connectivity index (χ1v) is 3.50. The number of hydrogen-bond donors (Lipinski definition) is 1. The molecule has 1 N–H and O–H groups in total. The third-order valence-corrected chi connectivity index (χ3v) is 1.06. The predicted octanol–water partition coefficient (Wildman–Crippen LogP) is -0.179.